The van der Waals surface area contributed by atoms with E-state index >= 15 is 0 Å². The Morgan fingerprint density at radius 3 is 2.35 bits per heavy atom. The standard InChI is InChI=1S/C38H51N9O5/c1-36(2,3)29-18-30(42-32(41-29)33(48)39-22-37(4,5)46-19-24(20-46)50-8)43-35(49)40-27-15-16-28(26-13-11-10-12-25(26)27)52-23-14-17-31-44-45-34(47(31)21-23)38(6,7)51-9/h10-14,17-18,21,24,27-28H,15-16,19-20,22H2,1-9H3,(H,39,48)(H2,40,41,42,43,49)/t27-,28+/m0/s1. The van der Waals surface area contributed by atoms with Gasteiger partial charge in [0, 0.05) is 50.9 Å². The van der Waals surface area contributed by atoms with Gasteiger partial charge in [-0.3, -0.25) is 19.4 Å². The fraction of sp³-hybridized carbons (Fsp3) is 0.526. The van der Waals surface area contributed by atoms with Gasteiger partial charge in [0.05, 0.1) is 24.0 Å². The van der Waals surface area contributed by atoms with Crippen LogP contribution >= 0.6 is 0 Å². The lowest BCUT2D eigenvalue weighted by molar-refractivity contribution is -0.0742. The Morgan fingerprint density at radius 1 is 0.923 bits per heavy atom. The van der Waals surface area contributed by atoms with Crippen molar-refractivity contribution in [1.29, 1.82) is 0 Å². The van der Waals surface area contributed by atoms with Crippen molar-refractivity contribution in [2.45, 2.75) is 96.1 Å². The summed E-state index contributed by atoms with van der Waals surface area (Å²) < 4.78 is 19.5. The molecule has 0 radical (unpaired) electrons. The summed E-state index contributed by atoms with van der Waals surface area (Å²) in [4.78, 5) is 38.2. The third kappa shape index (κ3) is 7.88. The lowest BCUT2D eigenvalue weighted by Crippen LogP contribution is -2.63. The molecular formula is C38H51N9O5. The minimum Gasteiger partial charge on any atom is -0.484 e. The number of benzene rings is 1. The molecule has 1 fully saturated rings. The van der Waals surface area contributed by atoms with E-state index in [4.69, 9.17) is 14.2 Å². The van der Waals surface area contributed by atoms with Crippen LogP contribution in [0.1, 0.15) is 107 Å². The van der Waals surface area contributed by atoms with Crippen LogP contribution in [0.5, 0.6) is 5.75 Å². The van der Waals surface area contributed by atoms with Gasteiger partial charge in [-0.2, -0.15) is 0 Å². The quantitative estimate of drug-likeness (QED) is 0.186. The van der Waals surface area contributed by atoms with E-state index < -0.39 is 23.0 Å². The van der Waals surface area contributed by atoms with Crippen LogP contribution in [0.2, 0.25) is 0 Å². The van der Waals surface area contributed by atoms with Gasteiger partial charge in [-0.1, -0.05) is 45.0 Å². The molecule has 14 heteroatoms. The number of anilines is 1. The number of rotatable bonds is 11. The van der Waals surface area contributed by atoms with Gasteiger partial charge in [-0.25, -0.2) is 14.8 Å². The number of hydrogen-bond acceptors (Lipinski definition) is 10. The molecule has 4 heterocycles. The number of hydrogen-bond donors (Lipinski definition) is 3. The normalized spacial score (nSPS) is 18.4. The predicted octanol–water partition coefficient (Wildman–Crippen LogP) is 5.31. The largest absolute Gasteiger partial charge is 0.484 e. The molecule has 3 aromatic heterocycles. The summed E-state index contributed by atoms with van der Waals surface area (Å²) in [6, 6.07) is 12.8. The second-order valence-electron chi connectivity index (χ2n) is 15.8. The van der Waals surface area contributed by atoms with Crippen molar-refractivity contribution in [2.75, 3.05) is 39.2 Å². The van der Waals surface area contributed by atoms with Gasteiger partial charge >= 0.3 is 6.03 Å². The molecule has 278 valence electrons. The number of pyridine rings is 1. The SMILES string of the molecule is COC1CN(C(C)(C)CNC(=O)c2nc(NC(=O)N[C@H]3CC[C@@H](Oc4ccc5nnc(C(C)(C)OC)n5c4)c4ccccc43)cc(C(C)(C)C)n2)C1. The van der Waals surface area contributed by atoms with Gasteiger partial charge < -0.3 is 24.8 Å². The smallest absolute Gasteiger partial charge is 0.320 e. The Balaban J connectivity index is 1.14. The minimum atomic E-state index is -0.636. The van der Waals surface area contributed by atoms with Crippen LogP contribution in [0.25, 0.3) is 5.65 Å². The highest BCUT2D eigenvalue weighted by Crippen LogP contribution is 2.39. The van der Waals surface area contributed by atoms with Gasteiger partial charge in [-0.15, -0.1) is 10.2 Å². The number of carbonyl (C=O) groups excluding carboxylic acids is 2. The van der Waals surface area contributed by atoms with Crippen molar-refractivity contribution in [3.63, 3.8) is 0 Å². The van der Waals surface area contributed by atoms with Crippen molar-refractivity contribution >= 4 is 23.4 Å². The monoisotopic (exact) mass is 713 g/mol. The lowest BCUT2D eigenvalue weighted by Gasteiger charge is -2.48. The second kappa shape index (κ2) is 14.4. The fourth-order valence-corrected chi connectivity index (χ4v) is 6.51. The number of amides is 3. The van der Waals surface area contributed by atoms with Gasteiger partial charge in [0.25, 0.3) is 5.91 Å². The summed E-state index contributed by atoms with van der Waals surface area (Å²) in [6.07, 6.45) is 3.19. The maximum atomic E-state index is 13.5. The Morgan fingerprint density at radius 2 is 1.65 bits per heavy atom. The van der Waals surface area contributed by atoms with Crippen molar-refractivity contribution in [1.82, 2.24) is 40.1 Å². The molecule has 6 rings (SSSR count). The van der Waals surface area contributed by atoms with E-state index in [-0.39, 0.29) is 35.4 Å². The van der Waals surface area contributed by atoms with E-state index in [0.717, 1.165) is 24.2 Å². The van der Waals surface area contributed by atoms with Gasteiger partial charge in [0.15, 0.2) is 11.5 Å². The van der Waals surface area contributed by atoms with Crippen molar-refractivity contribution in [2.24, 2.45) is 0 Å². The summed E-state index contributed by atoms with van der Waals surface area (Å²) in [5, 5.41) is 17.6. The molecule has 0 saturated carbocycles. The second-order valence-corrected chi connectivity index (χ2v) is 15.8. The zero-order valence-corrected chi connectivity index (χ0v) is 31.6. The molecule has 0 unspecified atom stereocenters. The van der Waals surface area contributed by atoms with E-state index in [1.165, 1.54) is 0 Å². The summed E-state index contributed by atoms with van der Waals surface area (Å²) in [5.41, 5.74) is 2.00. The van der Waals surface area contributed by atoms with Crippen LogP contribution in [0.15, 0.2) is 48.7 Å². The van der Waals surface area contributed by atoms with Crippen LogP contribution in [0.4, 0.5) is 10.6 Å². The van der Waals surface area contributed by atoms with E-state index in [2.05, 4.69) is 54.9 Å². The molecule has 2 atom stereocenters. The Bertz CT molecular complexity index is 1930. The number of carbonyl (C=O) groups is 2. The van der Waals surface area contributed by atoms with Crippen molar-refractivity contribution in [3.05, 3.63) is 77.1 Å². The first kappa shape index (κ1) is 37.1. The third-order valence-electron chi connectivity index (χ3n) is 10.1. The maximum Gasteiger partial charge on any atom is 0.320 e. The molecule has 3 N–H and O–H groups in total. The predicted molar refractivity (Wildman–Crippen MR) is 196 cm³/mol. The Kier molecular flexibility index (Phi) is 10.3. The maximum absolute atomic E-state index is 13.5. The number of nitrogens with one attached hydrogen (secondary N) is 3. The summed E-state index contributed by atoms with van der Waals surface area (Å²) in [6.45, 7) is 16.1. The highest BCUT2D eigenvalue weighted by atomic mass is 16.5. The first-order chi connectivity index (χ1) is 24.6. The number of urea groups is 1. The average Bonchev–Trinajstić information content (AvgIpc) is 3.51. The number of nitrogens with zero attached hydrogens (tertiary/aromatic N) is 6. The number of fused-ring (bicyclic) bond motifs is 2. The molecule has 1 aliphatic carbocycles. The van der Waals surface area contributed by atoms with E-state index in [1.807, 2.05) is 81.6 Å². The zero-order valence-electron chi connectivity index (χ0n) is 31.6. The van der Waals surface area contributed by atoms with E-state index in [0.29, 0.717) is 42.3 Å². The summed E-state index contributed by atoms with van der Waals surface area (Å²) in [5.74, 6) is 1.20. The van der Waals surface area contributed by atoms with E-state index in [9.17, 15) is 9.59 Å². The number of ether oxygens (including phenoxy) is 3. The van der Waals surface area contributed by atoms with Crippen molar-refractivity contribution < 1.29 is 23.8 Å². The Labute approximate surface area is 305 Å². The van der Waals surface area contributed by atoms with Crippen LogP contribution in [0, 0.1) is 0 Å². The van der Waals surface area contributed by atoms with Gasteiger partial charge in [0.2, 0.25) is 5.82 Å². The van der Waals surface area contributed by atoms with Crippen LogP contribution in [-0.4, -0.2) is 86.9 Å². The molecule has 2 aliphatic rings. The topological polar surface area (TPSA) is 157 Å². The molecule has 0 bridgehead atoms. The first-order valence-electron chi connectivity index (χ1n) is 17.8. The molecule has 3 amide bonds. The summed E-state index contributed by atoms with van der Waals surface area (Å²) >= 11 is 0. The van der Waals surface area contributed by atoms with E-state index in [1.54, 1.807) is 20.3 Å². The third-order valence-corrected chi connectivity index (χ3v) is 10.1. The Hall–Kier alpha value is -4.66. The average molecular weight is 714 g/mol. The first-order valence-corrected chi connectivity index (χ1v) is 17.8. The molecule has 52 heavy (non-hydrogen) atoms. The molecule has 14 nitrogen and oxygen atoms in total. The zero-order chi connectivity index (χ0) is 37.4. The molecule has 1 aromatic carbocycles. The minimum absolute atomic E-state index is 0.00229. The molecule has 1 saturated heterocycles. The molecule has 0 spiro atoms. The number of likely N-dealkylation sites (tertiary alicyclic amines) is 1. The lowest BCUT2D eigenvalue weighted by atomic mass is 9.85. The highest BCUT2D eigenvalue weighted by Gasteiger charge is 2.38. The van der Waals surface area contributed by atoms with Crippen LogP contribution in [-0.2, 0) is 20.5 Å². The van der Waals surface area contributed by atoms with Gasteiger partial charge in [-0.05, 0) is 63.8 Å². The number of methoxy groups -OCH3 is 2. The number of aromatic nitrogens is 5. The van der Waals surface area contributed by atoms with Crippen LogP contribution in [0.3, 0.4) is 0 Å². The molecule has 1 aliphatic heterocycles. The molecular weight excluding hydrogens is 662 g/mol. The fourth-order valence-electron chi connectivity index (χ4n) is 6.51. The molecule has 4 aromatic rings. The highest BCUT2D eigenvalue weighted by molar-refractivity contribution is 5.92. The summed E-state index contributed by atoms with van der Waals surface area (Å²) in [7, 11) is 3.36. The van der Waals surface area contributed by atoms with Crippen LogP contribution < -0.4 is 20.7 Å². The van der Waals surface area contributed by atoms with Crippen molar-refractivity contribution in [3.8, 4) is 5.75 Å². The van der Waals surface area contributed by atoms with Gasteiger partial charge in [0.1, 0.15) is 23.3 Å².